The van der Waals surface area contributed by atoms with E-state index in [-0.39, 0.29) is 23.2 Å². The van der Waals surface area contributed by atoms with Crippen molar-refractivity contribution >= 4 is 51.9 Å². The van der Waals surface area contributed by atoms with Crippen LogP contribution in [0, 0.1) is 87.3 Å². The maximum atomic E-state index is 15.9. The third-order valence-corrected chi connectivity index (χ3v) is 7.98. The van der Waals surface area contributed by atoms with Gasteiger partial charge in [-0.05, 0) is 46.4 Å². The summed E-state index contributed by atoms with van der Waals surface area (Å²) in [5, 5.41) is 0.194. The molecule has 0 radical (unpaired) electrons. The zero-order valence-electron chi connectivity index (χ0n) is 27.4. The van der Waals surface area contributed by atoms with Gasteiger partial charge < -0.3 is 4.74 Å². The predicted molar refractivity (Wildman–Crippen MR) is 171 cm³/mol. The van der Waals surface area contributed by atoms with Crippen LogP contribution in [0.4, 0.5) is 79.0 Å². The largest absolute Gasteiger partial charge is 0.497 e. The molecule has 0 bridgehead atoms. The van der Waals surface area contributed by atoms with Crippen LogP contribution in [0.3, 0.4) is 0 Å². The number of methoxy groups -OCH3 is 1. The second kappa shape index (κ2) is 17.3. The van der Waals surface area contributed by atoms with Gasteiger partial charge in [0, 0.05) is 16.5 Å². The molecule has 0 aliphatic heterocycles. The molecule has 5 aromatic carbocycles. The van der Waals surface area contributed by atoms with E-state index in [0.717, 1.165) is 31.4 Å². The summed E-state index contributed by atoms with van der Waals surface area (Å²) in [6.45, 7) is -3.99. The SMILES string of the molecule is COc1ccc(/C(=C(\B(c2c(F)c(F)c(F)c(F)c2F)c2c(F)c(F)c(F)c(F)c2F)c2c(F)c(F)c(F)c(F)c2F)c2ccc(C(F)(F)F)cc2)cc1.ClCCl. The lowest BCUT2D eigenvalue weighted by Gasteiger charge is -2.27. The molecule has 0 aliphatic rings. The van der Waals surface area contributed by atoms with Crippen molar-refractivity contribution in [1.82, 2.24) is 0 Å². The van der Waals surface area contributed by atoms with Crippen molar-refractivity contribution < 1.29 is 83.8 Å². The molecule has 0 aliphatic carbocycles. The van der Waals surface area contributed by atoms with E-state index >= 15 is 26.3 Å². The summed E-state index contributed by atoms with van der Waals surface area (Å²) in [4.78, 5) is 0. The first-order valence-electron chi connectivity index (χ1n) is 14.8. The van der Waals surface area contributed by atoms with Crippen molar-refractivity contribution in [1.29, 1.82) is 0 Å². The average Bonchev–Trinajstić information content (AvgIpc) is 3.18. The van der Waals surface area contributed by atoms with E-state index in [1.54, 1.807) is 0 Å². The molecule has 0 fully saturated rings. The highest BCUT2D eigenvalue weighted by Crippen LogP contribution is 2.41. The normalized spacial score (nSPS) is 11.9. The van der Waals surface area contributed by atoms with Gasteiger partial charge in [-0.3, -0.25) is 0 Å². The summed E-state index contributed by atoms with van der Waals surface area (Å²) in [6.07, 6.45) is -5.15. The Bertz CT molecular complexity index is 2230. The molecule has 302 valence electrons. The maximum Gasteiger partial charge on any atom is 0.416 e. The Kier molecular flexibility index (Phi) is 13.5. The van der Waals surface area contributed by atoms with Crippen LogP contribution < -0.4 is 15.7 Å². The third kappa shape index (κ3) is 8.10. The van der Waals surface area contributed by atoms with Gasteiger partial charge >= 0.3 is 6.18 Å². The molecule has 0 spiro atoms. The summed E-state index contributed by atoms with van der Waals surface area (Å²) in [6, 6.07) is 4.47. The molecule has 1 nitrogen and oxygen atoms in total. The third-order valence-electron chi connectivity index (χ3n) is 7.98. The van der Waals surface area contributed by atoms with Crippen molar-refractivity contribution in [2.75, 3.05) is 12.4 Å². The molecule has 0 saturated carbocycles. The minimum absolute atomic E-state index is 0.126. The van der Waals surface area contributed by atoms with Crippen LogP contribution in [0.15, 0.2) is 48.5 Å². The van der Waals surface area contributed by atoms with Gasteiger partial charge in [-0.15, -0.1) is 23.2 Å². The Hall–Kier alpha value is -4.98. The van der Waals surface area contributed by atoms with Crippen molar-refractivity contribution in [2.24, 2.45) is 0 Å². The van der Waals surface area contributed by atoms with Gasteiger partial charge in [0.15, 0.2) is 81.4 Å². The zero-order chi connectivity index (χ0) is 43.0. The van der Waals surface area contributed by atoms with E-state index in [2.05, 4.69) is 0 Å². The lowest BCUT2D eigenvalue weighted by atomic mass is 9.33. The van der Waals surface area contributed by atoms with E-state index in [9.17, 15) is 52.7 Å². The number of ether oxygens (including phenoxy) is 1. The summed E-state index contributed by atoms with van der Waals surface area (Å²) in [7, 11) is 1.06. The molecule has 0 heterocycles. The maximum absolute atomic E-state index is 15.9. The minimum Gasteiger partial charge on any atom is -0.497 e. The van der Waals surface area contributed by atoms with Gasteiger partial charge in [0.2, 0.25) is 5.82 Å². The number of hydrogen-bond acceptors (Lipinski definition) is 1. The summed E-state index contributed by atoms with van der Waals surface area (Å²) in [5.41, 5.74) is -14.6. The van der Waals surface area contributed by atoms with Crippen LogP contribution >= 0.6 is 23.2 Å². The van der Waals surface area contributed by atoms with Gasteiger partial charge in [-0.1, -0.05) is 24.3 Å². The Morgan fingerprint density at radius 1 is 0.474 bits per heavy atom. The van der Waals surface area contributed by atoms with E-state index in [4.69, 9.17) is 27.9 Å². The fraction of sp³-hybridized carbons (Fsp3) is 0.0857. The Labute approximate surface area is 317 Å². The molecule has 0 atom stereocenters. The first kappa shape index (κ1) is 44.7. The molecular weight excluding hydrogens is 860 g/mol. The molecule has 22 heteroatoms. The molecule has 57 heavy (non-hydrogen) atoms. The van der Waals surface area contributed by atoms with Gasteiger partial charge in [0.25, 0.3) is 6.71 Å². The molecular formula is C35H13BCl2F18O. The summed E-state index contributed by atoms with van der Waals surface area (Å²) >= 11 is 9.53. The highest BCUT2D eigenvalue weighted by molar-refractivity contribution is 7.01. The molecule has 5 aromatic rings. The smallest absolute Gasteiger partial charge is 0.416 e. The van der Waals surface area contributed by atoms with E-state index in [1.807, 2.05) is 0 Å². The average molecular weight is 873 g/mol. The van der Waals surface area contributed by atoms with E-state index < -0.39 is 144 Å². The Balaban J connectivity index is 0.00000232. The quantitative estimate of drug-likeness (QED) is 0.0395. The summed E-state index contributed by atoms with van der Waals surface area (Å²) < 4.78 is 272. The van der Waals surface area contributed by atoms with Crippen LogP contribution in [0.5, 0.6) is 5.75 Å². The number of alkyl halides is 5. The second-order valence-corrected chi connectivity index (χ2v) is 11.8. The highest BCUT2D eigenvalue weighted by atomic mass is 35.5. The minimum atomic E-state index is -5.15. The molecule has 0 unspecified atom stereocenters. The first-order valence-corrected chi connectivity index (χ1v) is 15.9. The molecule has 0 amide bonds. The van der Waals surface area contributed by atoms with Crippen molar-refractivity contribution in [3.8, 4) is 5.75 Å². The monoisotopic (exact) mass is 872 g/mol. The number of benzene rings is 5. The standard InChI is InChI=1S/C34H11BF18O.CH2Cl2/c1-54-13-8-4-11(5-9-13)14(10-2-6-12(7-3-10)34(51,52)53)16(15-19(36)25(42)31(48)26(43)20(15)37)35(17-21(38)27(44)32(49)28(45)22(17)39)18-23(40)29(46)33(50)30(47)24(18)41;2-1-3/h2-9H,1H3;1H2/b16-14-;. The topological polar surface area (TPSA) is 9.23 Å². The lowest BCUT2D eigenvalue weighted by Crippen LogP contribution is -2.52. The second-order valence-electron chi connectivity index (χ2n) is 11.0. The van der Waals surface area contributed by atoms with Crippen molar-refractivity contribution in [3.05, 3.63) is 158 Å². The molecule has 0 saturated heterocycles. The molecule has 0 aromatic heterocycles. The first-order chi connectivity index (χ1) is 26.6. The van der Waals surface area contributed by atoms with Gasteiger partial charge in [-0.2, -0.15) is 13.2 Å². The van der Waals surface area contributed by atoms with Crippen molar-refractivity contribution in [2.45, 2.75) is 6.18 Å². The van der Waals surface area contributed by atoms with E-state index in [1.165, 1.54) is 0 Å². The number of rotatable bonds is 7. The van der Waals surface area contributed by atoms with Gasteiger partial charge in [0.05, 0.1) is 18.0 Å². The van der Waals surface area contributed by atoms with Crippen LogP contribution in [-0.4, -0.2) is 19.2 Å². The van der Waals surface area contributed by atoms with Crippen LogP contribution in [0.1, 0.15) is 22.3 Å². The van der Waals surface area contributed by atoms with Crippen LogP contribution in [-0.2, 0) is 6.18 Å². The molecule has 0 N–H and O–H groups in total. The Morgan fingerprint density at radius 3 is 1.05 bits per heavy atom. The van der Waals surface area contributed by atoms with Gasteiger partial charge in [0.1, 0.15) is 5.75 Å². The highest BCUT2D eigenvalue weighted by Gasteiger charge is 2.46. The predicted octanol–water partition coefficient (Wildman–Crippen LogP) is 11.0. The van der Waals surface area contributed by atoms with Gasteiger partial charge in [-0.25, -0.2) is 65.9 Å². The Morgan fingerprint density at radius 2 is 0.754 bits per heavy atom. The zero-order valence-corrected chi connectivity index (χ0v) is 28.9. The van der Waals surface area contributed by atoms with Crippen molar-refractivity contribution in [3.63, 3.8) is 0 Å². The molecule has 5 rings (SSSR count). The van der Waals surface area contributed by atoms with Crippen LogP contribution in [0.2, 0.25) is 0 Å². The van der Waals surface area contributed by atoms with E-state index in [0.29, 0.717) is 12.1 Å². The fourth-order valence-electron chi connectivity index (χ4n) is 5.50. The summed E-state index contributed by atoms with van der Waals surface area (Å²) in [5.74, 6) is -45.8. The number of hydrogen-bond donors (Lipinski definition) is 0. The lowest BCUT2D eigenvalue weighted by molar-refractivity contribution is -0.137. The number of halogens is 20. The van der Waals surface area contributed by atoms with Crippen LogP contribution in [0.25, 0.3) is 11.0 Å². The fourth-order valence-corrected chi connectivity index (χ4v) is 5.50.